The van der Waals surface area contributed by atoms with E-state index in [0.29, 0.717) is 6.54 Å². The van der Waals surface area contributed by atoms with Crippen LogP contribution in [0.5, 0.6) is 5.75 Å². The highest BCUT2D eigenvalue weighted by molar-refractivity contribution is 5.74. The quantitative estimate of drug-likeness (QED) is 0.935. The average molecular weight is 314 g/mol. The number of ether oxygens (including phenoxy) is 1. The molecular formula is C17H22N4O2. The van der Waals surface area contributed by atoms with Gasteiger partial charge in [0.1, 0.15) is 5.75 Å². The number of nitrogens with one attached hydrogen (secondary N) is 1. The predicted molar refractivity (Wildman–Crippen MR) is 87.0 cm³/mol. The Morgan fingerprint density at radius 2 is 2.22 bits per heavy atom. The molecule has 0 aliphatic carbocycles. The van der Waals surface area contributed by atoms with Gasteiger partial charge in [0.2, 0.25) is 5.91 Å². The zero-order chi connectivity index (χ0) is 16.2. The predicted octanol–water partition coefficient (Wildman–Crippen LogP) is 1.82. The zero-order valence-electron chi connectivity index (χ0n) is 13.5. The smallest absolute Gasteiger partial charge is 0.220 e. The average Bonchev–Trinajstić information content (AvgIpc) is 3.07. The van der Waals surface area contributed by atoms with Crippen LogP contribution in [-0.2, 0) is 11.3 Å². The molecule has 1 amide bonds. The molecule has 1 aliphatic rings. The fraction of sp³-hybridized carbons (Fsp3) is 0.412. The fourth-order valence-corrected chi connectivity index (χ4v) is 3.18. The Kier molecular flexibility index (Phi) is 4.62. The molecule has 6 heteroatoms. The van der Waals surface area contributed by atoms with Gasteiger partial charge in [0.25, 0.3) is 0 Å². The minimum atomic E-state index is 0.000298. The molecule has 1 atom stereocenters. The fourth-order valence-electron chi connectivity index (χ4n) is 3.18. The van der Waals surface area contributed by atoms with Crippen molar-refractivity contribution < 1.29 is 9.53 Å². The normalized spacial score (nSPS) is 18.9. The lowest BCUT2D eigenvalue weighted by Crippen LogP contribution is -2.49. The summed E-state index contributed by atoms with van der Waals surface area (Å²) in [5.74, 6) is 0.925. The molecule has 0 unspecified atom stereocenters. The van der Waals surface area contributed by atoms with Crippen LogP contribution in [-0.4, -0.2) is 52.4 Å². The molecule has 0 radical (unpaired) electrons. The van der Waals surface area contributed by atoms with E-state index in [4.69, 9.17) is 4.74 Å². The van der Waals surface area contributed by atoms with Crippen LogP contribution in [0.2, 0.25) is 0 Å². The molecule has 0 saturated carbocycles. The SMILES string of the molecule is COc1ccccc1[C@H]1CN(Cc2cnc[nH]2)CCN1C(C)=O. The van der Waals surface area contributed by atoms with Gasteiger partial charge in [-0.3, -0.25) is 9.69 Å². The van der Waals surface area contributed by atoms with Gasteiger partial charge in [-0.2, -0.15) is 0 Å². The van der Waals surface area contributed by atoms with Crippen molar-refractivity contribution in [2.24, 2.45) is 0 Å². The standard InChI is InChI=1S/C17H22N4O2/c1-13(22)21-8-7-20(10-14-9-18-12-19-14)11-16(21)15-5-3-4-6-17(15)23-2/h3-6,9,12,16H,7-8,10-11H2,1-2H3,(H,18,19)/t16-/m1/s1. The van der Waals surface area contributed by atoms with E-state index in [1.807, 2.05) is 35.4 Å². The van der Waals surface area contributed by atoms with Crippen LogP contribution in [0.3, 0.4) is 0 Å². The zero-order valence-corrected chi connectivity index (χ0v) is 13.5. The number of H-pyrrole nitrogens is 1. The Morgan fingerprint density at radius 1 is 1.39 bits per heavy atom. The van der Waals surface area contributed by atoms with Crippen molar-refractivity contribution in [3.8, 4) is 5.75 Å². The summed E-state index contributed by atoms with van der Waals surface area (Å²) in [6, 6.07) is 7.93. The summed E-state index contributed by atoms with van der Waals surface area (Å²) < 4.78 is 5.50. The number of hydrogen-bond donors (Lipinski definition) is 1. The highest BCUT2D eigenvalue weighted by Gasteiger charge is 2.31. The van der Waals surface area contributed by atoms with E-state index in [9.17, 15) is 4.79 Å². The maximum atomic E-state index is 12.1. The van der Waals surface area contributed by atoms with Crippen molar-refractivity contribution in [1.82, 2.24) is 19.8 Å². The number of nitrogens with zero attached hydrogens (tertiary/aromatic N) is 3. The lowest BCUT2D eigenvalue weighted by Gasteiger charge is -2.41. The molecule has 2 aromatic rings. The first kappa shape index (κ1) is 15.6. The Labute approximate surface area is 136 Å². The number of imidazole rings is 1. The van der Waals surface area contributed by atoms with Crippen LogP contribution in [0, 0.1) is 0 Å². The van der Waals surface area contributed by atoms with E-state index >= 15 is 0 Å². The second-order valence-electron chi connectivity index (χ2n) is 5.78. The van der Waals surface area contributed by atoms with Crippen molar-refractivity contribution in [3.05, 3.63) is 48.0 Å². The number of methoxy groups -OCH3 is 1. The van der Waals surface area contributed by atoms with Gasteiger partial charge in [-0.05, 0) is 6.07 Å². The van der Waals surface area contributed by atoms with E-state index in [-0.39, 0.29) is 11.9 Å². The highest BCUT2D eigenvalue weighted by atomic mass is 16.5. The lowest BCUT2D eigenvalue weighted by atomic mass is 10.0. The molecule has 1 N–H and O–H groups in total. The van der Waals surface area contributed by atoms with Crippen molar-refractivity contribution in [2.45, 2.75) is 19.5 Å². The van der Waals surface area contributed by atoms with E-state index < -0.39 is 0 Å². The lowest BCUT2D eigenvalue weighted by molar-refractivity contribution is -0.134. The van der Waals surface area contributed by atoms with Crippen LogP contribution in [0.1, 0.15) is 24.2 Å². The third-order valence-corrected chi connectivity index (χ3v) is 4.32. The van der Waals surface area contributed by atoms with Crippen molar-refractivity contribution in [3.63, 3.8) is 0 Å². The third kappa shape index (κ3) is 3.37. The second-order valence-corrected chi connectivity index (χ2v) is 5.78. The topological polar surface area (TPSA) is 61.5 Å². The minimum Gasteiger partial charge on any atom is -0.496 e. The van der Waals surface area contributed by atoms with Gasteiger partial charge in [0, 0.05) is 50.6 Å². The van der Waals surface area contributed by atoms with Gasteiger partial charge >= 0.3 is 0 Å². The molecule has 122 valence electrons. The molecular weight excluding hydrogens is 292 g/mol. The van der Waals surface area contributed by atoms with E-state index in [1.54, 1.807) is 20.4 Å². The van der Waals surface area contributed by atoms with Gasteiger partial charge in [-0.1, -0.05) is 18.2 Å². The Bertz CT molecular complexity index is 656. The van der Waals surface area contributed by atoms with Crippen LogP contribution in [0.4, 0.5) is 0 Å². The summed E-state index contributed by atoms with van der Waals surface area (Å²) >= 11 is 0. The number of carbonyl (C=O) groups excluding carboxylic acids is 1. The molecule has 1 fully saturated rings. The second kappa shape index (κ2) is 6.83. The first-order valence-electron chi connectivity index (χ1n) is 7.78. The number of piperazine rings is 1. The van der Waals surface area contributed by atoms with Gasteiger partial charge < -0.3 is 14.6 Å². The number of aromatic amines is 1. The number of amides is 1. The maximum absolute atomic E-state index is 12.1. The van der Waals surface area contributed by atoms with E-state index in [0.717, 1.165) is 36.6 Å². The Hall–Kier alpha value is -2.34. The minimum absolute atomic E-state index is 0.000298. The Balaban J connectivity index is 1.84. The van der Waals surface area contributed by atoms with Crippen molar-refractivity contribution in [2.75, 3.05) is 26.7 Å². The van der Waals surface area contributed by atoms with E-state index in [1.165, 1.54) is 0 Å². The first-order chi connectivity index (χ1) is 11.2. The van der Waals surface area contributed by atoms with Gasteiger partial charge in [0.05, 0.1) is 19.5 Å². The molecule has 1 aromatic heterocycles. The number of carbonyl (C=O) groups is 1. The third-order valence-electron chi connectivity index (χ3n) is 4.32. The molecule has 1 aliphatic heterocycles. The number of aromatic nitrogens is 2. The van der Waals surface area contributed by atoms with Crippen molar-refractivity contribution in [1.29, 1.82) is 0 Å². The molecule has 23 heavy (non-hydrogen) atoms. The summed E-state index contributed by atoms with van der Waals surface area (Å²) in [5.41, 5.74) is 2.14. The van der Waals surface area contributed by atoms with Gasteiger partial charge in [-0.15, -0.1) is 0 Å². The molecule has 0 spiro atoms. The maximum Gasteiger partial charge on any atom is 0.220 e. The molecule has 1 aromatic carbocycles. The molecule has 1 saturated heterocycles. The highest BCUT2D eigenvalue weighted by Crippen LogP contribution is 2.32. The molecule has 6 nitrogen and oxygen atoms in total. The Morgan fingerprint density at radius 3 is 2.91 bits per heavy atom. The number of benzene rings is 1. The first-order valence-corrected chi connectivity index (χ1v) is 7.78. The van der Waals surface area contributed by atoms with Crippen molar-refractivity contribution >= 4 is 5.91 Å². The molecule has 2 heterocycles. The largest absolute Gasteiger partial charge is 0.496 e. The number of hydrogen-bond acceptors (Lipinski definition) is 4. The monoisotopic (exact) mass is 314 g/mol. The molecule has 0 bridgehead atoms. The van der Waals surface area contributed by atoms with E-state index in [2.05, 4.69) is 14.9 Å². The van der Waals surface area contributed by atoms with Crippen LogP contribution < -0.4 is 4.74 Å². The van der Waals surface area contributed by atoms with Crippen LogP contribution in [0.15, 0.2) is 36.8 Å². The summed E-state index contributed by atoms with van der Waals surface area (Å²) in [7, 11) is 1.67. The summed E-state index contributed by atoms with van der Waals surface area (Å²) in [6.07, 6.45) is 3.54. The number of rotatable bonds is 4. The van der Waals surface area contributed by atoms with Gasteiger partial charge in [-0.25, -0.2) is 4.98 Å². The summed E-state index contributed by atoms with van der Waals surface area (Å²) in [4.78, 5) is 23.5. The molecule has 3 rings (SSSR count). The summed E-state index contributed by atoms with van der Waals surface area (Å²) in [5, 5.41) is 0. The van der Waals surface area contributed by atoms with Gasteiger partial charge in [0.15, 0.2) is 0 Å². The van der Waals surface area contributed by atoms with Crippen LogP contribution >= 0.6 is 0 Å². The summed E-state index contributed by atoms with van der Waals surface area (Å²) in [6.45, 7) is 4.78. The van der Waals surface area contributed by atoms with Crippen LogP contribution in [0.25, 0.3) is 0 Å². The number of para-hydroxylation sites is 1.